The lowest BCUT2D eigenvalue weighted by atomic mass is 10.8. The Morgan fingerprint density at radius 3 is 3.20 bits per heavy atom. The van der Waals surface area contributed by atoms with E-state index in [4.69, 9.17) is 0 Å². The Kier molecular flexibility index (Phi) is 2.19. The molecule has 0 aliphatic heterocycles. The highest BCUT2D eigenvalue weighted by molar-refractivity contribution is 7.07. The number of hydrogen-bond acceptors (Lipinski definition) is 5. The van der Waals surface area contributed by atoms with Gasteiger partial charge < -0.3 is 4.84 Å². The van der Waals surface area contributed by atoms with Gasteiger partial charge in [-0.15, -0.1) is 11.3 Å². The van der Waals surface area contributed by atoms with Gasteiger partial charge in [0.2, 0.25) is 0 Å². The average molecular weight is 159 g/mol. The van der Waals surface area contributed by atoms with Gasteiger partial charge in [0.25, 0.3) is 0 Å². The van der Waals surface area contributed by atoms with Crippen LogP contribution in [0.4, 0.5) is 10.6 Å². The zero-order valence-corrected chi connectivity index (χ0v) is 5.72. The standard InChI is InChI=1S/C4H5N3O2S/c5-9-4(8)7-3-1-10-2-6-3/h1-2H,5H2,(H,7,8). The SMILES string of the molecule is NOC(=O)Nc1cscn1. The molecular formula is C4H5N3O2S. The molecule has 0 saturated carbocycles. The molecule has 0 aliphatic rings. The van der Waals surface area contributed by atoms with Gasteiger partial charge in [-0.1, -0.05) is 0 Å². The van der Waals surface area contributed by atoms with Gasteiger partial charge in [0.05, 0.1) is 5.51 Å². The lowest BCUT2D eigenvalue weighted by molar-refractivity contribution is 0.163. The number of thiazole rings is 1. The van der Waals surface area contributed by atoms with Gasteiger partial charge in [-0.05, 0) is 0 Å². The minimum Gasteiger partial charge on any atom is -0.356 e. The molecule has 0 fully saturated rings. The molecule has 0 aliphatic carbocycles. The van der Waals surface area contributed by atoms with E-state index in [2.05, 4.69) is 21.0 Å². The molecule has 0 bridgehead atoms. The van der Waals surface area contributed by atoms with Crippen LogP contribution >= 0.6 is 11.3 Å². The largest absolute Gasteiger partial charge is 0.431 e. The molecule has 0 radical (unpaired) electrons. The Morgan fingerprint density at radius 2 is 2.70 bits per heavy atom. The minimum atomic E-state index is -0.717. The second kappa shape index (κ2) is 3.14. The molecule has 0 unspecified atom stereocenters. The highest BCUT2D eigenvalue weighted by Gasteiger charge is 2.00. The first-order valence-corrected chi connectivity index (χ1v) is 3.33. The van der Waals surface area contributed by atoms with Gasteiger partial charge in [0.15, 0.2) is 0 Å². The van der Waals surface area contributed by atoms with E-state index in [0.29, 0.717) is 5.82 Å². The van der Waals surface area contributed by atoms with Crippen molar-refractivity contribution >= 4 is 23.2 Å². The van der Waals surface area contributed by atoms with Crippen molar-refractivity contribution in [3.05, 3.63) is 10.9 Å². The van der Waals surface area contributed by atoms with Crippen molar-refractivity contribution in [2.24, 2.45) is 5.90 Å². The van der Waals surface area contributed by atoms with Crippen LogP contribution < -0.4 is 11.2 Å². The van der Waals surface area contributed by atoms with Crippen LogP contribution in [0, 0.1) is 0 Å². The molecule has 1 amide bonds. The summed E-state index contributed by atoms with van der Waals surface area (Å²) >= 11 is 1.37. The summed E-state index contributed by atoms with van der Waals surface area (Å²) in [5.74, 6) is 5.00. The zero-order valence-electron chi connectivity index (χ0n) is 4.90. The fraction of sp³-hybridized carbons (Fsp3) is 0. The molecule has 1 aromatic rings. The summed E-state index contributed by atoms with van der Waals surface area (Å²) in [6, 6.07) is 0. The van der Waals surface area contributed by atoms with E-state index < -0.39 is 6.09 Å². The molecule has 1 heterocycles. The smallest absolute Gasteiger partial charge is 0.356 e. The fourth-order valence-corrected chi connectivity index (χ4v) is 0.892. The third-order valence-corrected chi connectivity index (χ3v) is 1.36. The van der Waals surface area contributed by atoms with Crippen molar-refractivity contribution in [1.82, 2.24) is 4.98 Å². The molecule has 1 aromatic heterocycles. The van der Waals surface area contributed by atoms with Crippen LogP contribution in [-0.2, 0) is 4.84 Å². The number of anilines is 1. The van der Waals surface area contributed by atoms with Crippen molar-refractivity contribution in [2.75, 3.05) is 5.32 Å². The number of carbonyl (C=O) groups is 1. The Hall–Kier alpha value is -1.14. The van der Waals surface area contributed by atoms with Crippen molar-refractivity contribution in [3.63, 3.8) is 0 Å². The Bertz CT molecular complexity index is 210. The topological polar surface area (TPSA) is 77.2 Å². The van der Waals surface area contributed by atoms with Gasteiger partial charge in [-0.2, -0.15) is 5.90 Å². The number of amides is 1. The highest BCUT2D eigenvalue weighted by Crippen LogP contribution is 2.05. The monoisotopic (exact) mass is 159 g/mol. The first-order chi connectivity index (χ1) is 4.83. The van der Waals surface area contributed by atoms with Crippen LogP contribution in [0.3, 0.4) is 0 Å². The van der Waals surface area contributed by atoms with Crippen molar-refractivity contribution in [2.45, 2.75) is 0 Å². The highest BCUT2D eigenvalue weighted by atomic mass is 32.1. The summed E-state index contributed by atoms with van der Waals surface area (Å²) < 4.78 is 0. The minimum absolute atomic E-state index is 0.445. The first-order valence-electron chi connectivity index (χ1n) is 2.39. The number of nitrogens with two attached hydrogens (primary N) is 1. The van der Waals surface area contributed by atoms with Crippen LogP contribution in [0.5, 0.6) is 0 Å². The second-order valence-corrected chi connectivity index (χ2v) is 2.12. The fourth-order valence-electron chi connectivity index (χ4n) is 0.408. The predicted molar refractivity (Wildman–Crippen MR) is 36.4 cm³/mol. The van der Waals surface area contributed by atoms with E-state index in [0.717, 1.165) is 0 Å². The molecular weight excluding hydrogens is 154 g/mol. The summed E-state index contributed by atoms with van der Waals surface area (Å²) in [6.07, 6.45) is -0.717. The lowest BCUT2D eigenvalue weighted by Crippen LogP contribution is -2.17. The van der Waals surface area contributed by atoms with Crippen LogP contribution in [0.25, 0.3) is 0 Å². The molecule has 0 spiro atoms. The van der Waals surface area contributed by atoms with Crippen molar-refractivity contribution in [1.29, 1.82) is 0 Å². The van der Waals surface area contributed by atoms with E-state index in [1.807, 2.05) is 0 Å². The molecule has 54 valence electrons. The average Bonchev–Trinajstić information content (AvgIpc) is 2.40. The van der Waals surface area contributed by atoms with Gasteiger partial charge in [0.1, 0.15) is 5.82 Å². The molecule has 0 aromatic carbocycles. The van der Waals surface area contributed by atoms with E-state index in [9.17, 15) is 4.79 Å². The third-order valence-electron chi connectivity index (χ3n) is 0.769. The number of carbonyl (C=O) groups excluding carboxylic acids is 1. The van der Waals surface area contributed by atoms with Gasteiger partial charge in [-0.3, -0.25) is 5.32 Å². The van der Waals surface area contributed by atoms with Crippen LogP contribution in [0.2, 0.25) is 0 Å². The van der Waals surface area contributed by atoms with Crippen LogP contribution in [0.1, 0.15) is 0 Å². The quantitative estimate of drug-likeness (QED) is 0.587. The Balaban J connectivity index is 2.48. The summed E-state index contributed by atoms with van der Waals surface area (Å²) in [6.45, 7) is 0. The molecule has 3 N–H and O–H groups in total. The summed E-state index contributed by atoms with van der Waals surface area (Å²) in [7, 11) is 0. The first kappa shape index (κ1) is 6.97. The van der Waals surface area contributed by atoms with Gasteiger partial charge in [0, 0.05) is 5.38 Å². The molecule has 6 heteroatoms. The normalized spacial score (nSPS) is 8.90. The molecule has 0 saturated heterocycles. The molecule has 0 atom stereocenters. The number of rotatable bonds is 1. The second-order valence-electron chi connectivity index (χ2n) is 1.40. The predicted octanol–water partition coefficient (Wildman–Crippen LogP) is 0.565. The van der Waals surface area contributed by atoms with Crippen molar-refractivity contribution < 1.29 is 9.63 Å². The van der Waals surface area contributed by atoms with E-state index in [1.54, 1.807) is 10.9 Å². The maximum Gasteiger partial charge on any atom is 0.431 e. The van der Waals surface area contributed by atoms with E-state index >= 15 is 0 Å². The third kappa shape index (κ3) is 1.67. The molecule has 5 nitrogen and oxygen atoms in total. The van der Waals surface area contributed by atoms with E-state index in [1.165, 1.54) is 11.3 Å². The van der Waals surface area contributed by atoms with Gasteiger partial charge in [-0.25, -0.2) is 9.78 Å². The number of nitrogens with zero attached hydrogens (tertiary/aromatic N) is 1. The number of hydrogen-bond donors (Lipinski definition) is 2. The Morgan fingerprint density at radius 1 is 1.90 bits per heavy atom. The van der Waals surface area contributed by atoms with Crippen LogP contribution in [-0.4, -0.2) is 11.1 Å². The Labute approximate surface area is 60.8 Å². The maximum atomic E-state index is 10.4. The lowest BCUT2D eigenvalue weighted by Gasteiger charge is -1.95. The zero-order chi connectivity index (χ0) is 7.40. The van der Waals surface area contributed by atoms with Crippen molar-refractivity contribution in [3.8, 4) is 0 Å². The number of aromatic nitrogens is 1. The number of nitrogens with one attached hydrogen (secondary N) is 1. The van der Waals surface area contributed by atoms with Crippen LogP contribution in [0.15, 0.2) is 10.9 Å². The summed E-state index contributed by atoms with van der Waals surface area (Å²) in [5, 5.41) is 3.95. The molecule has 1 rings (SSSR count). The maximum absolute atomic E-state index is 10.4. The van der Waals surface area contributed by atoms with E-state index in [-0.39, 0.29) is 0 Å². The summed E-state index contributed by atoms with van der Waals surface area (Å²) in [4.78, 5) is 18.0. The van der Waals surface area contributed by atoms with Gasteiger partial charge >= 0.3 is 6.09 Å². The summed E-state index contributed by atoms with van der Waals surface area (Å²) in [5.41, 5.74) is 1.59. The molecule has 10 heavy (non-hydrogen) atoms.